The molecule has 32 heavy (non-hydrogen) atoms. The summed E-state index contributed by atoms with van der Waals surface area (Å²) in [5, 5.41) is 3.21. The molecule has 4 nitrogen and oxygen atoms in total. The van der Waals surface area contributed by atoms with Crippen LogP contribution in [-0.4, -0.2) is 36.7 Å². The summed E-state index contributed by atoms with van der Waals surface area (Å²) in [6, 6.07) is 10.7. The molecule has 1 aliphatic rings. The van der Waals surface area contributed by atoms with Gasteiger partial charge in [0.05, 0.1) is 5.70 Å². The van der Waals surface area contributed by atoms with Gasteiger partial charge in [-0.2, -0.15) is 0 Å². The second kappa shape index (κ2) is 14.5. The van der Waals surface area contributed by atoms with Crippen LogP contribution in [-0.2, 0) is 6.54 Å². The number of nitrogens with zero attached hydrogens (tertiary/aromatic N) is 3. The van der Waals surface area contributed by atoms with Crippen molar-refractivity contribution in [3.63, 3.8) is 0 Å². The fourth-order valence-corrected chi connectivity index (χ4v) is 4.57. The summed E-state index contributed by atoms with van der Waals surface area (Å²) in [6.07, 6.45) is 13.4. The molecule has 4 heteroatoms. The third-order valence-corrected chi connectivity index (χ3v) is 6.50. The lowest BCUT2D eigenvalue weighted by molar-refractivity contribution is 0.295. The van der Waals surface area contributed by atoms with Gasteiger partial charge >= 0.3 is 0 Å². The second-order valence-corrected chi connectivity index (χ2v) is 8.98. The van der Waals surface area contributed by atoms with Crippen LogP contribution in [0.2, 0.25) is 0 Å². The van der Waals surface area contributed by atoms with Gasteiger partial charge in [0.1, 0.15) is 5.70 Å². The van der Waals surface area contributed by atoms with Crippen molar-refractivity contribution in [3.8, 4) is 0 Å². The van der Waals surface area contributed by atoms with Crippen molar-refractivity contribution in [2.75, 3.05) is 20.1 Å². The lowest BCUT2D eigenvalue weighted by atomic mass is 10.0. The highest BCUT2D eigenvalue weighted by Crippen LogP contribution is 2.30. The molecule has 1 saturated carbocycles. The zero-order chi connectivity index (χ0) is 23.2. The zero-order valence-electron chi connectivity index (χ0n) is 20.5. The summed E-state index contributed by atoms with van der Waals surface area (Å²) in [5.74, 6) is 1.66. The van der Waals surface area contributed by atoms with Crippen LogP contribution in [0, 0.1) is 5.92 Å². The van der Waals surface area contributed by atoms with E-state index in [1.165, 1.54) is 44.1 Å². The van der Waals surface area contributed by atoms with Gasteiger partial charge in [-0.15, -0.1) is 0 Å². The summed E-state index contributed by atoms with van der Waals surface area (Å²) in [5.41, 5.74) is 3.27. The fraction of sp³-hybridized carbons (Fsp3) is 0.536. The molecular weight excluding hydrogens is 392 g/mol. The molecule has 0 unspecified atom stereocenters. The Morgan fingerprint density at radius 2 is 1.84 bits per heavy atom. The lowest BCUT2D eigenvalue weighted by Gasteiger charge is -2.34. The van der Waals surface area contributed by atoms with Crippen LogP contribution in [0.3, 0.4) is 0 Å². The summed E-state index contributed by atoms with van der Waals surface area (Å²) < 4.78 is 0. The molecule has 0 atom stereocenters. The van der Waals surface area contributed by atoms with Crippen molar-refractivity contribution in [2.24, 2.45) is 10.9 Å². The number of benzene rings is 1. The normalized spacial score (nSPS) is 14.6. The minimum Gasteiger partial charge on any atom is -0.373 e. The smallest absolute Gasteiger partial charge is 0.155 e. The van der Waals surface area contributed by atoms with Gasteiger partial charge in [0.2, 0.25) is 0 Å². The van der Waals surface area contributed by atoms with Crippen molar-refractivity contribution in [2.45, 2.75) is 71.3 Å². The maximum Gasteiger partial charge on any atom is 0.155 e. The molecule has 1 aliphatic carbocycles. The third kappa shape index (κ3) is 8.22. The highest BCUT2D eigenvalue weighted by Gasteiger charge is 2.21. The SMILES string of the molecule is C=CN/C(N=C)=C(\C(=C)N(C)CCCC)N(CCCCC1CCCC1)Cc1ccccc1. The van der Waals surface area contributed by atoms with E-state index in [9.17, 15) is 0 Å². The topological polar surface area (TPSA) is 30.9 Å². The molecule has 0 heterocycles. The van der Waals surface area contributed by atoms with E-state index >= 15 is 0 Å². The van der Waals surface area contributed by atoms with Crippen LogP contribution in [0.4, 0.5) is 0 Å². The standard InChI is InChI=1S/C28H44N4/c1-6-8-21-31(5)24(3)27(28(29-4)30-7-2)32(23-26-19-10-9-11-20-26)22-15-14-18-25-16-12-13-17-25/h7,9-11,19-20,25,30H,2-4,6,8,12-18,21-23H2,1,5H3/b28-27+. The quantitative estimate of drug-likeness (QED) is 0.178. The molecule has 0 amide bonds. The monoisotopic (exact) mass is 436 g/mol. The average molecular weight is 437 g/mol. The highest BCUT2D eigenvalue weighted by atomic mass is 15.2. The van der Waals surface area contributed by atoms with Gasteiger partial charge in [0.25, 0.3) is 0 Å². The first-order chi connectivity index (χ1) is 15.6. The Morgan fingerprint density at radius 3 is 2.47 bits per heavy atom. The Balaban J connectivity index is 2.25. The van der Waals surface area contributed by atoms with Gasteiger partial charge in [-0.05, 0) is 37.2 Å². The first-order valence-electron chi connectivity index (χ1n) is 12.4. The molecule has 2 rings (SSSR count). The zero-order valence-corrected chi connectivity index (χ0v) is 20.5. The number of aliphatic imine (C=N–C) groups is 1. The van der Waals surface area contributed by atoms with Crippen LogP contribution in [0.25, 0.3) is 0 Å². The molecule has 0 aliphatic heterocycles. The van der Waals surface area contributed by atoms with Crippen molar-refractivity contribution >= 4 is 6.72 Å². The fourth-order valence-electron chi connectivity index (χ4n) is 4.57. The minimum absolute atomic E-state index is 0.722. The second-order valence-electron chi connectivity index (χ2n) is 8.98. The summed E-state index contributed by atoms with van der Waals surface area (Å²) >= 11 is 0. The number of rotatable bonds is 16. The first kappa shape index (κ1) is 25.8. The van der Waals surface area contributed by atoms with E-state index in [4.69, 9.17) is 0 Å². The Hall–Kier alpha value is -2.49. The molecule has 176 valence electrons. The molecule has 1 aromatic rings. The third-order valence-electron chi connectivity index (χ3n) is 6.50. The summed E-state index contributed by atoms with van der Waals surface area (Å²) in [6.45, 7) is 17.1. The number of likely N-dealkylation sites (N-methyl/N-ethyl adjacent to an activating group) is 1. The van der Waals surface area contributed by atoms with Crippen LogP contribution >= 0.6 is 0 Å². The molecule has 0 bridgehead atoms. The van der Waals surface area contributed by atoms with Crippen molar-refractivity contribution < 1.29 is 0 Å². The van der Waals surface area contributed by atoms with Crippen molar-refractivity contribution in [3.05, 3.63) is 72.5 Å². The molecule has 0 spiro atoms. The minimum atomic E-state index is 0.722. The van der Waals surface area contributed by atoms with Gasteiger partial charge in [0.15, 0.2) is 5.82 Å². The van der Waals surface area contributed by atoms with Crippen LogP contribution in [0.15, 0.2) is 71.9 Å². The Morgan fingerprint density at radius 1 is 1.12 bits per heavy atom. The molecule has 0 aromatic heterocycles. The molecule has 1 aromatic carbocycles. The van der Waals surface area contributed by atoms with Crippen LogP contribution in [0.1, 0.15) is 70.3 Å². The average Bonchev–Trinajstić information content (AvgIpc) is 3.33. The van der Waals surface area contributed by atoms with E-state index in [-0.39, 0.29) is 0 Å². The predicted octanol–water partition coefficient (Wildman–Crippen LogP) is 6.70. The first-order valence-corrected chi connectivity index (χ1v) is 12.4. The van der Waals surface area contributed by atoms with Gasteiger partial charge in [-0.25, -0.2) is 4.99 Å². The number of hydrogen-bond donors (Lipinski definition) is 1. The van der Waals surface area contributed by atoms with Gasteiger partial charge in [-0.1, -0.05) is 95.4 Å². The largest absolute Gasteiger partial charge is 0.373 e. The molecule has 1 fully saturated rings. The van der Waals surface area contributed by atoms with Crippen LogP contribution < -0.4 is 5.32 Å². The van der Waals surface area contributed by atoms with Crippen LogP contribution in [0.5, 0.6) is 0 Å². The number of nitrogens with one attached hydrogen (secondary N) is 1. The number of hydrogen-bond acceptors (Lipinski definition) is 4. The van der Waals surface area contributed by atoms with E-state index < -0.39 is 0 Å². The van der Waals surface area contributed by atoms with E-state index in [0.29, 0.717) is 0 Å². The van der Waals surface area contributed by atoms with Gasteiger partial charge < -0.3 is 15.1 Å². The predicted molar refractivity (Wildman–Crippen MR) is 139 cm³/mol. The Kier molecular flexibility index (Phi) is 11.7. The molecule has 0 saturated heterocycles. The van der Waals surface area contributed by atoms with Crippen molar-refractivity contribution in [1.82, 2.24) is 15.1 Å². The van der Waals surface area contributed by atoms with Gasteiger partial charge in [-0.3, -0.25) is 0 Å². The Labute approximate surface area is 196 Å². The van der Waals surface area contributed by atoms with Gasteiger partial charge in [0, 0.05) is 26.7 Å². The summed E-state index contributed by atoms with van der Waals surface area (Å²) in [7, 11) is 2.12. The Bertz CT molecular complexity index is 731. The summed E-state index contributed by atoms with van der Waals surface area (Å²) in [4.78, 5) is 9.00. The lowest BCUT2D eigenvalue weighted by Crippen LogP contribution is -2.33. The molecule has 1 N–H and O–H groups in total. The molecular formula is C28H44N4. The highest BCUT2D eigenvalue weighted by molar-refractivity contribution is 5.37. The number of unbranched alkanes of at least 4 members (excludes halogenated alkanes) is 2. The van der Waals surface area contributed by atoms with Crippen molar-refractivity contribution in [1.29, 1.82) is 0 Å². The maximum absolute atomic E-state index is 4.48. The van der Waals surface area contributed by atoms with E-state index in [1.54, 1.807) is 6.20 Å². The molecule has 0 radical (unpaired) electrons. The maximum atomic E-state index is 4.48. The van der Waals surface area contributed by atoms with E-state index in [0.717, 1.165) is 62.0 Å². The van der Waals surface area contributed by atoms with E-state index in [2.05, 4.69) is 84.3 Å². The van der Waals surface area contributed by atoms with E-state index in [1.807, 2.05) is 0 Å².